The lowest BCUT2D eigenvalue weighted by atomic mass is 10.1. The lowest BCUT2D eigenvalue weighted by Crippen LogP contribution is -2.03. The van der Waals surface area contributed by atoms with E-state index < -0.39 is 6.43 Å². The largest absolute Gasteiger partial charge is 0.480 e. The van der Waals surface area contributed by atoms with Crippen LogP contribution in [0.2, 0.25) is 0 Å². The van der Waals surface area contributed by atoms with Crippen LogP contribution in [0.15, 0.2) is 6.20 Å². The number of halogens is 3. The SMILES string of the molecule is COc1ncc(C(F)F)c(CBr)c1N. The molecule has 1 heterocycles. The number of nitrogen functional groups attached to an aromatic ring is 1. The van der Waals surface area contributed by atoms with Crippen LogP contribution in [0.1, 0.15) is 17.6 Å². The normalized spacial score (nSPS) is 10.6. The van der Waals surface area contributed by atoms with Crippen LogP contribution in [-0.2, 0) is 5.33 Å². The number of nitrogens with zero attached hydrogens (tertiary/aromatic N) is 1. The van der Waals surface area contributed by atoms with E-state index in [1.165, 1.54) is 7.11 Å². The fourth-order valence-corrected chi connectivity index (χ4v) is 1.69. The van der Waals surface area contributed by atoms with Gasteiger partial charge in [0.2, 0.25) is 5.88 Å². The van der Waals surface area contributed by atoms with Crippen molar-refractivity contribution in [3.05, 3.63) is 17.3 Å². The van der Waals surface area contributed by atoms with Crippen LogP contribution in [0, 0.1) is 0 Å². The van der Waals surface area contributed by atoms with Crippen molar-refractivity contribution in [1.82, 2.24) is 4.98 Å². The summed E-state index contributed by atoms with van der Waals surface area (Å²) in [4.78, 5) is 3.68. The van der Waals surface area contributed by atoms with Crippen molar-refractivity contribution in [2.45, 2.75) is 11.8 Å². The van der Waals surface area contributed by atoms with Crippen molar-refractivity contribution in [3.63, 3.8) is 0 Å². The highest BCUT2D eigenvalue weighted by molar-refractivity contribution is 9.08. The van der Waals surface area contributed by atoms with Crippen LogP contribution in [0.3, 0.4) is 0 Å². The first kappa shape index (κ1) is 11.2. The van der Waals surface area contributed by atoms with Crippen molar-refractivity contribution in [1.29, 1.82) is 0 Å². The summed E-state index contributed by atoms with van der Waals surface area (Å²) < 4.78 is 29.8. The third kappa shape index (κ3) is 1.95. The molecule has 0 unspecified atom stereocenters. The van der Waals surface area contributed by atoms with Crippen molar-refractivity contribution in [2.75, 3.05) is 12.8 Å². The third-order valence-electron chi connectivity index (χ3n) is 1.79. The number of methoxy groups -OCH3 is 1. The Morgan fingerprint density at radius 2 is 2.29 bits per heavy atom. The molecule has 2 N–H and O–H groups in total. The molecule has 0 saturated carbocycles. The van der Waals surface area contributed by atoms with Gasteiger partial charge in [-0.2, -0.15) is 0 Å². The second kappa shape index (κ2) is 4.54. The van der Waals surface area contributed by atoms with E-state index >= 15 is 0 Å². The van der Waals surface area contributed by atoms with Crippen LogP contribution < -0.4 is 10.5 Å². The average molecular weight is 267 g/mol. The molecule has 0 saturated heterocycles. The first-order valence-corrected chi connectivity index (χ1v) is 4.89. The Labute approximate surface area is 88.4 Å². The zero-order valence-corrected chi connectivity index (χ0v) is 9.01. The highest BCUT2D eigenvalue weighted by atomic mass is 79.9. The van der Waals surface area contributed by atoms with Crippen LogP contribution in [0.4, 0.5) is 14.5 Å². The van der Waals surface area contributed by atoms with Crippen molar-refractivity contribution in [3.8, 4) is 5.88 Å². The van der Waals surface area contributed by atoms with Gasteiger partial charge in [0.25, 0.3) is 6.43 Å². The predicted molar refractivity (Wildman–Crippen MR) is 52.8 cm³/mol. The first-order valence-electron chi connectivity index (χ1n) is 3.77. The van der Waals surface area contributed by atoms with Crippen LogP contribution in [0.5, 0.6) is 5.88 Å². The molecule has 0 amide bonds. The van der Waals surface area contributed by atoms with Gasteiger partial charge in [-0.15, -0.1) is 0 Å². The standard InChI is InChI=1S/C8H9BrF2N2O/c1-14-8-6(12)4(2-9)5(3-13-8)7(10)11/h3,7H,2,12H2,1H3. The van der Waals surface area contributed by atoms with Gasteiger partial charge in [-0.05, 0) is 0 Å². The number of aromatic nitrogens is 1. The summed E-state index contributed by atoms with van der Waals surface area (Å²) in [6.07, 6.45) is -1.50. The lowest BCUT2D eigenvalue weighted by Gasteiger charge is -2.11. The van der Waals surface area contributed by atoms with Crippen LogP contribution >= 0.6 is 15.9 Å². The van der Waals surface area contributed by atoms with Crippen molar-refractivity contribution in [2.24, 2.45) is 0 Å². The number of pyridine rings is 1. The molecule has 14 heavy (non-hydrogen) atoms. The summed E-state index contributed by atoms with van der Waals surface area (Å²) in [7, 11) is 1.39. The topological polar surface area (TPSA) is 48.1 Å². The Hall–Kier alpha value is -0.910. The van der Waals surface area contributed by atoms with E-state index in [-0.39, 0.29) is 22.5 Å². The molecule has 1 rings (SSSR count). The maximum Gasteiger partial charge on any atom is 0.265 e. The highest BCUT2D eigenvalue weighted by Gasteiger charge is 2.18. The van der Waals surface area contributed by atoms with Gasteiger partial charge in [0, 0.05) is 22.7 Å². The van der Waals surface area contributed by atoms with Gasteiger partial charge in [0.1, 0.15) is 0 Å². The molecule has 6 heteroatoms. The number of alkyl halides is 3. The van der Waals surface area contributed by atoms with Gasteiger partial charge in [-0.25, -0.2) is 13.8 Å². The molecule has 0 atom stereocenters. The van der Waals surface area contributed by atoms with Gasteiger partial charge in [-0.1, -0.05) is 15.9 Å². The predicted octanol–water partition coefficient (Wildman–Crippen LogP) is 2.50. The van der Waals surface area contributed by atoms with E-state index in [0.29, 0.717) is 5.56 Å². The Bertz CT molecular complexity index is 333. The summed E-state index contributed by atoms with van der Waals surface area (Å²) in [5.74, 6) is 0.170. The van der Waals surface area contributed by atoms with Gasteiger partial charge in [0.15, 0.2) is 0 Å². The number of hydrogen-bond acceptors (Lipinski definition) is 3. The van der Waals surface area contributed by atoms with Crippen LogP contribution in [0.25, 0.3) is 0 Å². The van der Waals surface area contributed by atoms with E-state index in [2.05, 4.69) is 20.9 Å². The van der Waals surface area contributed by atoms with Gasteiger partial charge < -0.3 is 10.5 Å². The van der Waals surface area contributed by atoms with Gasteiger partial charge in [0.05, 0.1) is 12.8 Å². The summed E-state index contributed by atoms with van der Waals surface area (Å²) in [5.41, 5.74) is 5.91. The monoisotopic (exact) mass is 266 g/mol. The molecule has 0 radical (unpaired) electrons. The Morgan fingerprint density at radius 3 is 2.71 bits per heavy atom. The molecule has 0 aromatic carbocycles. The fraction of sp³-hybridized carbons (Fsp3) is 0.375. The summed E-state index contributed by atoms with van der Waals surface area (Å²) in [5, 5.41) is 0.247. The van der Waals surface area contributed by atoms with E-state index in [1.54, 1.807) is 0 Å². The maximum absolute atomic E-state index is 12.5. The second-order valence-electron chi connectivity index (χ2n) is 2.55. The molecule has 3 nitrogen and oxygen atoms in total. The quantitative estimate of drug-likeness (QED) is 0.856. The second-order valence-corrected chi connectivity index (χ2v) is 3.11. The Kier molecular flexibility index (Phi) is 3.62. The molecular formula is C8H9BrF2N2O. The molecule has 1 aromatic rings. The molecule has 0 bridgehead atoms. The maximum atomic E-state index is 12.5. The zero-order valence-electron chi connectivity index (χ0n) is 7.43. The molecule has 0 aliphatic rings. The minimum absolute atomic E-state index is 0.155. The van der Waals surface area contributed by atoms with Crippen molar-refractivity contribution < 1.29 is 13.5 Å². The molecule has 0 aliphatic carbocycles. The minimum atomic E-state index is -2.58. The minimum Gasteiger partial charge on any atom is -0.480 e. The van der Waals surface area contributed by atoms with Gasteiger partial charge >= 0.3 is 0 Å². The third-order valence-corrected chi connectivity index (χ3v) is 2.35. The Morgan fingerprint density at radius 1 is 1.64 bits per heavy atom. The molecule has 0 fully saturated rings. The number of anilines is 1. The number of rotatable bonds is 3. The highest BCUT2D eigenvalue weighted by Crippen LogP contribution is 2.32. The smallest absolute Gasteiger partial charge is 0.265 e. The molecule has 1 aromatic heterocycles. The average Bonchev–Trinajstić information content (AvgIpc) is 2.17. The summed E-state index contributed by atoms with van der Waals surface area (Å²) >= 11 is 3.09. The summed E-state index contributed by atoms with van der Waals surface area (Å²) in [6, 6.07) is 0. The fourth-order valence-electron chi connectivity index (χ4n) is 1.06. The summed E-state index contributed by atoms with van der Waals surface area (Å²) in [6.45, 7) is 0. The van der Waals surface area contributed by atoms with E-state index in [9.17, 15) is 8.78 Å². The number of hydrogen-bond donors (Lipinski definition) is 1. The Balaban J connectivity index is 3.28. The van der Waals surface area contributed by atoms with Crippen LogP contribution in [-0.4, -0.2) is 12.1 Å². The molecule has 0 spiro atoms. The van der Waals surface area contributed by atoms with E-state index in [1.807, 2.05) is 0 Å². The van der Waals surface area contributed by atoms with E-state index in [4.69, 9.17) is 10.5 Å². The van der Waals surface area contributed by atoms with Gasteiger partial charge in [-0.3, -0.25) is 0 Å². The molecule has 78 valence electrons. The zero-order chi connectivity index (χ0) is 10.7. The van der Waals surface area contributed by atoms with E-state index in [0.717, 1.165) is 6.20 Å². The number of ether oxygens (including phenoxy) is 1. The molecular weight excluding hydrogens is 258 g/mol. The lowest BCUT2D eigenvalue weighted by molar-refractivity contribution is 0.150. The number of nitrogens with two attached hydrogens (primary N) is 1. The van der Waals surface area contributed by atoms with Crippen molar-refractivity contribution >= 4 is 21.6 Å². The first-order chi connectivity index (χ1) is 6.61. The molecule has 0 aliphatic heterocycles.